The molecule has 0 aliphatic heterocycles. The van der Waals surface area contributed by atoms with Gasteiger partial charge in [-0.25, -0.2) is 9.97 Å². The summed E-state index contributed by atoms with van der Waals surface area (Å²) in [5, 5.41) is 27.6. The summed E-state index contributed by atoms with van der Waals surface area (Å²) in [6.07, 6.45) is 1.01. The predicted molar refractivity (Wildman–Crippen MR) is 218 cm³/mol. The number of hydrogen-bond acceptors (Lipinski definition) is 4. The van der Waals surface area contributed by atoms with E-state index in [0.29, 0.717) is 19.3 Å². The molecule has 2 aliphatic rings. The lowest BCUT2D eigenvalue weighted by Crippen LogP contribution is -2.41. The van der Waals surface area contributed by atoms with Crippen LogP contribution in [0.2, 0.25) is 0 Å². The highest BCUT2D eigenvalue weighted by Gasteiger charge is 2.55. The highest BCUT2D eigenvalue weighted by molar-refractivity contribution is 5.98. The summed E-state index contributed by atoms with van der Waals surface area (Å²) in [5.74, 6) is -3.19. The Morgan fingerprint density at radius 2 is 0.818 bits per heavy atom. The molecule has 6 aromatic carbocycles. The minimum atomic E-state index is -0.877. The third-order valence-corrected chi connectivity index (χ3v) is 12.5. The van der Waals surface area contributed by atoms with E-state index in [1.54, 1.807) is 13.8 Å². The van der Waals surface area contributed by atoms with Crippen molar-refractivity contribution in [2.45, 2.75) is 43.9 Å². The van der Waals surface area contributed by atoms with Crippen molar-refractivity contribution in [1.29, 1.82) is 0 Å². The van der Waals surface area contributed by atoms with Crippen LogP contribution >= 0.6 is 0 Å². The average Bonchev–Trinajstić information content (AvgIpc) is 3.58. The van der Waals surface area contributed by atoms with Crippen molar-refractivity contribution in [3.63, 3.8) is 0 Å². The van der Waals surface area contributed by atoms with E-state index in [1.807, 2.05) is 60.7 Å². The summed E-state index contributed by atoms with van der Waals surface area (Å²) in [6, 6.07) is 46.1. The molecule has 0 spiro atoms. The van der Waals surface area contributed by atoms with Crippen molar-refractivity contribution >= 4 is 55.3 Å². The number of fused-ring (bicyclic) bond motifs is 10. The number of rotatable bonds is 8. The lowest BCUT2D eigenvalue weighted by molar-refractivity contribution is -0.142. The molecule has 8 aromatic rings. The number of hydrogen-bond donors (Lipinski definition) is 2. The molecule has 6 heteroatoms. The molecule has 4 atom stereocenters. The Bertz CT molecular complexity index is 2560. The van der Waals surface area contributed by atoms with E-state index in [9.17, 15) is 19.8 Å². The second kappa shape index (κ2) is 12.1. The lowest BCUT2D eigenvalue weighted by Gasteiger charge is -2.44. The third kappa shape index (κ3) is 4.94. The van der Waals surface area contributed by atoms with Crippen molar-refractivity contribution in [2.24, 2.45) is 11.8 Å². The molecule has 2 heterocycles. The van der Waals surface area contributed by atoms with Gasteiger partial charge in [0, 0.05) is 32.7 Å². The van der Waals surface area contributed by atoms with Crippen LogP contribution in [-0.2, 0) is 20.4 Å². The zero-order valence-corrected chi connectivity index (χ0v) is 30.6. The van der Waals surface area contributed by atoms with E-state index < -0.39 is 34.6 Å². The van der Waals surface area contributed by atoms with Gasteiger partial charge in [0.15, 0.2) is 0 Å². The second-order valence-electron chi connectivity index (χ2n) is 15.9. The number of para-hydroxylation sites is 2. The van der Waals surface area contributed by atoms with Gasteiger partial charge in [0.1, 0.15) is 0 Å². The fourth-order valence-corrected chi connectivity index (χ4v) is 10.0. The van der Waals surface area contributed by atoms with Crippen LogP contribution in [0.4, 0.5) is 0 Å². The first-order valence-electron chi connectivity index (χ1n) is 19.0. The molecule has 0 fully saturated rings. The standard InChI is InChI=1S/C49H38N2O4/c1-28(46(52)53)25-48(38-21-32-13-5-3-11-30(32)19-36(38)44-40(48)23-34-15-7-9-17-42(34)50-44)27-49(26-29(2)47(54)55)39-22-33-14-6-4-12-31(33)20-37(39)45-41(49)24-35-16-8-10-18-43(35)51-45/h3-24,28-29H,25-27H2,1-2H3,(H,52,53)(H,54,55). The SMILES string of the molecule is CC(CC1(CC2(CC(C)C(=O)O)c3cc4ccccc4cc3-c3nc4ccccc4cc32)c2cc3ccccc3cc2-c2nc3ccccc3cc21)C(=O)O. The smallest absolute Gasteiger partial charge is 0.306 e. The molecule has 2 aromatic heterocycles. The van der Waals surface area contributed by atoms with Crippen LogP contribution in [0.5, 0.6) is 0 Å². The van der Waals surface area contributed by atoms with E-state index >= 15 is 0 Å². The van der Waals surface area contributed by atoms with Crippen molar-refractivity contribution in [3.8, 4) is 22.5 Å². The molecule has 6 nitrogen and oxygen atoms in total. The van der Waals surface area contributed by atoms with Crippen molar-refractivity contribution in [3.05, 3.63) is 156 Å². The zero-order valence-electron chi connectivity index (χ0n) is 30.6. The Hall–Kier alpha value is -6.40. The average molecular weight is 719 g/mol. The Morgan fingerprint density at radius 1 is 0.491 bits per heavy atom. The van der Waals surface area contributed by atoms with Crippen molar-refractivity contribution in [2.75, 3.05) is 0 Å². The third-order valence-electron chi connectivity index (χ3n) is 12.5. The maximum atomic E-state index is 13.0. The van der Waals surface area contributed by atoms with Gasteiger partial charge in [0.2, 0.25) is 0 Å². The fraction of sp³-hybridized carbons (Fsp3) is 0.184. The Morgan fingerprint density at radius 3 is 1.20 bits per heavy atom. The Balaban J connectivity index is 1.36. The summed E-state index contributed by atoms with van der Waals surface area (Å²) in [4.78, 5) is 36.8. The minimum absolute atomic E-state index is 0.295. The van der Waals surface area contributed by atoms with Gasteiger partial charge in [-0.2, -0.15) is 0 Å². The molecule has 268 valence electrons. The quantitative estimate of drug-likeness (QED) is 0.162. The molecule has 0 bridgehead atoms. The summed E-state index contributed by atoms with van der Waals surface area (Å²) < 4.78 is 0. The second-order valence-corrected chi connectivity index (χ2v) is 15.9. The molecule has 10 rings (SSSR count). The fourth-order valence-electron chi connectivity index (χ4n) is 10.0. The van der Waals surface area contributed by atoms with E-state index in [0.717, 1.165) is 88.1 Å². The number of aromatic nitrogens is 2. The molecular formula is C49H38N2O4. The van der Waals surface area contributed by atoms with Gasteiger partial charge >= 0.3 is 11.9 Å². The van der Waals surface area contributed by atoms with Gasteiger partial charge in [-0.15, -0.1) is 0 Å². The minimum Gasteiger partial charge on any atom is -0.481 e. The summed E-state index contributed by atoms with van der Waals surface area (Å²) in [6.45, 7) is 3.59. The summed E-state index contributed by atoms with van der Waals surface area (Å²) >= 11 is 0. The number of aliphatic carboxylic acids is 2. The predicted octanol–water partition coefficient (Wildman–Crippen LogP) is 10.9. The van der Waals surface area contributed by atoms with E-state index in [4.69, 9.17) is 9.97 Å². The van der Waals surface area contributed by atoms with Crippen molar-refractivity contribution in [1.82, 2.24) is 9.97 Å². The maximum Gasteiger partial charge on any atom is 0.306 e. The van der Waals surface area contributed by atoms with Crippen LogP contribution < -0.4 is 0 Å². The van der Waals surface area contributed by atoms with Crippen molar-refractivity contribution < 1.29 is 19.8 Å². The summed E-state index contributed by atoms with van der Waals surface area (Å²) in [5.41, 5.74) is 7.71. The summed E-state index contributed by atoms with van der Waals surface area (Å²) in [7, 11) is 0. The van der Waals surface area contributed by atoms with Gasteiger partial charge in [0.25, 0.3) is 0 Å². The highest BCUT2D eigenvalue weighted by Crippen LogP contribution is 2.63. The first-order chi connectivity index (χ1) is 26.6. The van der Waals surface area contributed by atoms with Gasteiger partial charge in [0.05, 0.1) is 34.3 Å². The van der Waals surface area contributed by atoms with E-state index in [1.165, 1.54) is 0 Å². The number of carboxylic acids is 2. The number of carboxylic acid groups (broad SMARTS) is 2. The van der Waals surface area contributed by atoms with Crippen LogP contribution in [0.3, 0.4) is 0 Å². The molecule has 0 saturated carbocycles. The van der Waals surface area contributed by atoms with Gasteiger partial charge < -0.3 is 10.2 Å². The zero-order chi connectivity index (χ0) is 37.6. The monoisotopic (exact) mass is 718 g/mol. The first-order valence-corrected chi connectivity index (χ1v) is 19.0. The largest absolute Gasteiger partial charge is 0.481 e. The Kier molecular flexibility index (Phi) is 7.27. The Labute approximate surface area is 318 Å². The molecule has 0 amide bonds. The molecule has 2 N–H and O–H groups in total. The molecular weight excluding hydrogens is 681 g/mol. The van der Waals surface area contributed by atoms with Crippen LogP contribution in [-0.4, -0.2) is 32.1 Å². The number of benzene rings is 6. The first kappa shape index (κ1) is 33.2. The number of pyridine rings is 2. The van der Waals surface area contributed by atoms with Crippen LogP contribution in [0.1, 0.15) is 55.4 Å². The maximum absolute atomic E-state index is 13.0. The van der Waals surface area contributed by atoms with E-state index in [2.05, 4.69) is 72.8 Å². The molecule has 4 unspecified atom stereocenters. The highest BCUT2D eigenvalue weighted by atomic mass is 16.4. The van der Waals surface area contributed by atoms with E-state index in [-0.39, 0.29) is 0 Å². The number of nitrogens with zero attached hydrogens (tertiary/aromatic N) is 2. The van der Waals surface area contributed by atoms with Gasteiger partial charge in [-0.1, -0.05) is 98.8 Å². The van der Waals surface area contributed by atoms with Crippen LogP contribution in [0.15, 0.2) is 133 Å². The molecule has 2 aliphatic carbocycles. The lowest BCUT2D eigenvalue weighted by atomic mass is 9.58. The molecule has 0 radical (unpaired) electrons. The number of carbonyl (C=O) groups is 2. The topological polar surface area (TPSA) is 100 Å². The van der Waals surface area contributed by atoms with Crippen LogP contribution in [0.25, 0.3) is 65.9 Å². The van der Waals surface area contributed by atoms with Gasteiger partial charge in [-0.3, -0.25) is 9.59 Å². The van der Waals surface area contributed by atoms with Gasteiger partial charge in [-0.05, 0) is 112 Å². The molecule has 0 saturated heterocycles. The molecule has 55 heavy (non-hydrogen) atoms. The normalized spacial score (nSPS) is 19.2. The van der Waals surface area contributed by atoms with Crippen LogP contribution in [0, 0.1) is 11.8 Å².